The third-order valence-electron chi connectivity index (χ3n) is 4.79. The molecule has 0 aliphatic carbocycles. The summed E-state index contributed by atoms with van der Waals surface area (Å²) >= 11 is 0. The van der Waals surface area contributed by atoms with Crippen molar-refractivity contribution in [2.24, 2.45) is 5.92 Å². The van der Waals surface area contributed by atoms with Crippen molar-refractivity contribution in [2.75, 3.05) is 18.0 Å². The maximum Gasteiger partial charge on any atom is 0.0366 e. The zero-order valence-electron chi connectivity index (χ0n) is 14.1. The minimum absolute atomic E-state index is 0.570. The molecule has 3 rings (SSSR count). The first kappa shape index (κ1) is 16.1. The predicted molar refractivity (Wildman–Crippen MR) is 98.7 cm³/mol. The second-order valence-electron chi connectivity index (χ2n) is 6.69. The number of para-hydroxylation sites is 1. The van der Waals surface area contributed by atoms with Crippen LogP contribution in [0, 0.1) is 5.92 Å². The lowest BCUT2D eigenvalue weighted by atomic mass is 9.90. The van der Waals surface area contributed by atoms with E-state index in [1.54, 1.807) is 0 Å². The average molecular weight is 308 g/mol. The van der Waals surface area contributed by atoms with Gasteiger partial charge in [0.25, 0.3) is 0 Å². The maximum atomic E-state index is 3.78. The van der Waals surface area contributed by atoms with Gasteiger partial charge in [-0.05, 0) is 36.5 Å². The lowest BCUT2D eigenvalue weighted by molar-refractivity contribution is 0.316. The zero-order valence-corrected chi connectivity index (χ0v) is 14.1. The van der Waals surface area contributed by atoms with Gasteiger partial charge >= 0.3 is 0 Å². The van der Waals surface area contributed by atoms with Crippen molar-refractivity contribution in [3.05, 3.63) is 66.2 Å². The van der Waals surface area contributed by atoms with Crippen molar-refractivity contribution in [1.29, 1.82) is 0 Å². The van der Waals surface area contributed by atoms with Crippen LogP contribution in [-0.4, -0.2) is 19.1 Å². The number of anilines is 1. The van der Waals surface area contributed by atoms with E-state index in [-0.39, 0.29) is 0 Å². The third-order valence-corrected chi connectivity index (χ3v) is 4.79. The summed E-state index contributed by atoms with van der Waals surface area (Å²) in [5.74, 6) is 0.794. The Bertz CT molecular complexity index is 567. The predicted octanol–water partition coefficient (Wildman–Crippen LogP) is 4.47. The Labute approximate surface area is 140 Å². The van der Waals surface area contributed by atoms with E-state index in [0.29, 0.717) is 6.04 Å². The molecule has 1 heterocycles. The molecule has 0 saturated carbocycles. The first-order valence-electron chi connectivity index (χ1n) is 8.92. The van der Waals surface area contributed by atoms with Crippen LogP contribution in [0.5, 0.6) is 0 Å². The number of hydrogen-bond donors (Lipinski definition) is 1. The molecule has 122 valence electrons. The molecule has 2 atom stereocenters. The normalized spacial score (nSPS) is 21.3. The van der Waals surface area contributed by atoms with E-state index in [1.807, 2.05) is 0 Å². The van der Waals surface area contributed by atoms with Crippen LogP contribution < -0.4 is 10.2 Å². The molecule has 2 heteroatoms. The van der Waals surface area contributed by atoms with Crippen LogP contribution in [0.3, 0.4) is 0 Å². The van der Waals surface area contributed by atoms with Gasteiger partial charge in [0.2, 0.25) is 0 Å². The van der Waals surface area contributed by atoms with Crippen LogP contribution in [-0.2, 0) is 6.54 Å². The molecule has 0 aromatic heterocycles. The van der Waals surface area contributed by atoms with E-state index in [2.05, 4.69) is 77.8 Å². The van der Waals surface area contributed by atoms with E-state index >= 15 is 0 Å². The lowest BCUT2D eigenvalue weighted by Gasteiger charge is -2.39. The first-order chi connectivity index (χ1) is 11.3. The fourth-order valence-electron chi connectivity index (χ4n) is 3.68. The average Bonchev–Trinajstić information content (AvgIpc) is 2.62. The Morgan fingerprint density at radius 1 is 0.957 bits per heavy atom. The van der Waals surface area contributed by atoms with Crippen LogP contribution >= 0.6 is 0 Å². The molecular formula is C21H28N2. The highest BCUT2D eigenvalue weighted by Crippen LogP contribution is 2.26. The summed E-state index contributed by atoms with van der Waals surface area (Å²) < 4.78 is 0. The second-order valence-corrected chi connectivity index (χ2v) is 6.69. The van der Waals surface area contributed by atoms with E-state index in [0.717, 1.165) is 19.0 Å². The monoisotopic (exact) mass is 308 g/mol. The van der Waals surface area contributed by atoms with Crippen LogP contribution in [0.25, 0.3) is 0 Å². The molecule has 1 aliphatic heterocycles. The van der Waals surface area contributed by atoms with Crippen molar-refractivity contribution in [3.8, 4) is 0 Å². The molecule has 0 amide bonds. The minimum atomic E-state index is 0.570. The number of piperidine rings is 1. The fourth-order valence-corrected chi connectivity index (χ4v) is 3.68. The van der Waals surface area contributed by atoms with Gasteiger partial charge < -0.3 is 10.2 Å². The van der Waals surface area contributed by atoms with Gasteiger partial charge in [-0.3, -0.25) is 0 Å². The van der Waals surface area contributed by atoms with Crippen LogP contribution in [0.2, 0.25) is 0 Å². The Kier molecular flexibility index (Phi) is 5.71. The van der Waals surface area contributed by atoms with E-state index in [9.17, 15) is 0 Å². The largest absolute Gasteiger partial charge is 0.370 e. The van der Waals surface area contributed by atoms with Gasteiger partial charge in [0.05, 0.1) is 0 Å². The summed E-state index contributed by atoms with van der Waals surface area (Å²) in [7, 11) is 0. The van der Waals surface area contributed by atoms with Gasteiger partial charge in [-0.1, -0.05) is 61.9 Å². The molecule has 2 unspecified atom stereocenters. The molecule has 1 fully saturated rings. The highest BCUT2D eigenvalue weighted by molar-refractivity contribution is 5.46. The molecule has 2 aromatic rings. The Morgan fingerprint density at radius 2 is 1.65 bits per heavy atom. The summed E-state index contributed by atoms with van der Waals surface area (Å²) in [6.45, 7) is 5.57. The summed E-state index contributed by atoms with van der Waals surface area (Å²) in [4.78, 5) is 2.56. The van der Waals surface area contributed by atoms with Gasteiger partial charge in [-0.25, -0.2) is 0 Å². The van der Waals surface area contributed by atoms with Crippen LogP contribution in [0.1, 0.15) is 31.7 Å². The summed E-state index contributed by atoms with van der Waals surface area (Å²) in [5.41, 5.74) is 2.73. The van der Waals surface area contributed by atoms with Gasteiger partial charge in [-0.2, -0.15) is 0 Å². The number of hydrogen-bond acceptors (Lipinski definition) is 2. The van der Waals surface area contributed by atoms with Crippen molar-refractivity contribution >= 4 is 5.69 Å². The Hall–Kier alpha value is -1.80. The van der Waals surface area contributed by atoms with Crippen molar-refractivity contribution in [3.63, 3.8) is 0 Å². The van der Waals surface area contributed by atoms with Crippen molar-refractivity contribution in [2.45, 2.75) is 38.8 Å². The molecule has 1 N–H and O–H groups in total. The highest BCUT2D eigenvalue weighted by atomic mass is 15.2. The van der Waals surface area contributed by atoms with E-state index in [4.69, 9.17) is 0 Å². The summed E-state index contributed by atoms with van der Waals surface area (Å²) in [5, 5.41) is 3.78. The molecule has 2 nitrogen and oxygen atoms in total. The summed E-state index contributed by atoms with van der Waals surface area (Å²) in [6.07, 6.45) is 3.90. The van der Waals surface area contributed by atoms with Crippen molar-refractivity contribution < 1.29 is 0 Å². The lowest BCUT2D eigenvalue weighted by Crippen LogP contribution is -2.49. The number of rotatable bonds is 6. The van der Waals surface area contributed by atoms with Crippen LogP contribution in [0.15, 0.2) is 60.7 Å². The van der Waals surface area contributed by atoms with E-state index < -0.39 is 0 Å². The van der Waals surface area contributed by atoms with Gasteiger partial charge in [0.1, 0.15) is 0 Å². The minimum Gasteiger partial charge on any atom is -0.370 e. The molecule has 0 radical (unpaired) electrons. The molecule has 2 aromatic carbocycles. The molecule has 0 spiro atoms. The van der Waals surface area contributed by atoms with Gasteiger partial charge in [0, 0.05) is 31.4 Å². The Balaban J connectivity index is 1.64. The standard InChI is InChI=1S/C21H28N2/c1-2-9-19-14-20(22-15-18-10-5-3-6-11-18)17-23(16-19)21-12-7-4-8-13-21/h3-8,10-13,19-20,22H,2,9,14-17H2,1H3. The zero-order chi connectivity index (χ0) is 15.9. The molecular weight excluding hydrogens is 280 g/mol. The van der Waals surface area contributed by atoms with E-state index in [1.165, 1.54) is 37.1 Å². The topological polar surface area (TPSA) is 15.3 Å². The number of nitrogens with one attached hydrogen (secondary N) is 1. The van der Waals surface area contributed by atoms with Gasteiger partial charge in [-0.15, -0.1) is 0 Å². The molecule has 23 heavy (non-hydrogen) atoms. The number of benzene rings is 2. The quantitative estimate of drug-likeness (QED) is 0.847. The maximum absolute atomic E-state index is 3.78. The second kappa shape index (κ2) is 8.16. The molecule has 0 bridgehead atoms. The van der Waals surface area contributed by atoms with Crippen LogP contribution in [0.4, 0.5) is 5.69 Å². The van der Waals surface area contributed by atoms with Crippen molar-refractivity contribution in [1.82, 2.24) is 5.32 Å². The summed E-state index contributed by atoms with van der Waals surface area (Å²) in [6, 6.07) is 22.2. The number of nitrogens with zero attached hydrogens (tertiary/aromatic N) is 1. The smallest absolute Gasteiger partial charge is 0.0366 e. The first-order valence-corrected chi connectivity index (χ1v) is 8.92. The van der Waals surface area contributed by atoms with Gasteiger partial charge in [0.15, 0.2) is 0 Å². The Morgan fingerprint density at radius 3 is 2.35 bits per heavy atom. The third kappa shape index (κ3) is 4.59. The molecule has 1 aliphatic rings. The highest BCUT2D eigenvalue weighted by Gasteiger charge is 2.26. The SMILES string of the molecule is CCCC1CC(NCc2ccccc2)CN(c2ccccc2)C1. The fraction of sp³-hybridized carbons (Fsp3) is 0.429. The molecule has 1 saturated heterocycles.